The van der Waals surface area contributed by atoms with Crippen LogP contribution in [-0.2, 0) is 0 Å². The minimum Gasteiger partial charge on any atom is -0.494 e. The summed E-state index contributed by atoms with van der Waals surface area (Å²) < 4.78 is 11.0. The van der Waals surface area contributed by atoms with Gasteiger partial charge in [-0.15, -0.1) is 0 Å². The van der Waals surface area contributed by atoms with Crippen molar-refractivity contribution in [2.45, 2.75) is 6.92 Å². The van der Waals surface area contributed by atoms with Crippen LogP contribution in [0.2, 0.25) is 0 Å². The summed E-state index contributed by atoms with van der Waals surface area (Å²) in [5.41, 5.74) is 1.43. The van der Waals surface area contributed by atoms with Crippen LogP contribution in [0.15, 0.2) is 60.8 Å². The largest absolute Gasteiger partial charge is 0.494 e. The molecule has 0 aliphatic heterocycles. The lowest BCUT2D eigenvalue weighted by Gasteiger charge is -2.11. The molecule has 0 atom stereocenters. The van der Waals surface area contributed by atoms with Gasteiger partial charge in [0, 0.05) is 11.6 Å². The molecule has 26 heavy (non-hydrogen) atoms. The molecule has 1 heterocycles. The van der Waals surface area contributed by atoms with Gasteiger partial charge in [0.2, 0.25) is 0 Å². The molecule has 6 heteroatoms. The lowest BCUT2D eigenvalue weighted by atomic mass is 10.2. The predicted molar refractivity (Wildman–Crippen MR) is 102 cm³/mol. The van der Waals surface area contributed by atoms with E-state index < -0.39 is 0 Å². The summed E-state index contributed by atoms with van der Waals surface area (Å²) in [6.45, 7) is 3.33. The van der Waals surface area contributed by atoms with Crippen LogP contribution in [0.4, 0.5) is 10.5 Å². The van der Waals surface area contributed by atoms with Crippen LogP contribution in [0, 0.1) is 0 Å². The van der Waals surface area contributed by atoms with Crippen LogP contribution in [0.1, 0.15) is 6.92 Å². The third-order valence-corrected chi connectivity index (χ3v) is 3.67. The van der Waals surface area contributed by atoms with Crippen LogP contribution in [0.25, 0.3) is 10.9 Å². The van der Waals surface area contributed by atoms with Crippen molar-refractivity contribution >= 4 is 22.6 Å². The van der Waals surface area contributed by atoms with Gasteiger partial charge in [0.05, 0.1) is 24.4 Å². The number of rotatable bonds is 7. The summed E-state index contributed by atoms with van der Waals surface area (Å²) >= 11 is 0. The monoisotopic (exact) mass is 351 g/mol. The predicted octanol–water partition coefficient (Wildman–Crippen LogP) is 3.83. The smallest absolute Gasteiger partial charge is 0.319 e. The minimum atomic E-state index is -0.293. The van der Waals surface area contributed by atoms with Crippen molar-refractivity contribution in [2.75, 3.05) is 25.1 Å². The summed E-state index contributed by atoms with van der Waals surface area (Å²) in [6, 6.07) is 16.6. The van der Waals surface area contributed by atoms with E-state index in [1.165, 1.54) is 0 Å². The number of urea groups is 1. The van der Waals surface area contributed by atoms with E-state index in [1.807, 2.05) is 61.5 Å². The molecule has 0 aliphatic rings. The second-order valence-electron chi connectivity index (χ2n) is 5.51. The van der Waals surface area contributed by atoms with E-state index in [0.717, 1.165) is 22.4 Å². The lowest BCUT2D eigenvalue weighted by Crippen LogP contribution is -2.32. The molecule has 0 saturated heterocycles. The number of amides is 2. The number of anilines is 1. The number of aromatic nitrogens is 1. The van der Waals surface area contributed by atoms with Crippen LogP contribution >= 0.6 is 0 Å². The zero-order valence-corrected chi connectivity index (χ0v) is 14.6. The van der Waals surface area contributed by atoms with Crippen LogP contribution in [-0.4, -0.2) is 30.8 Å². The molecule has 0 radical (unpaired) electrons. The number of para-hydroxylation sites is 1. The number of carbonyl (C=O) groups is 1. The van der Waals surface area contributed by atoms with Crippen molar-refractivity contribution in [3.8, 4) is 11.5 Å². The normalized spacial score (nSPS) is 10.3. The highest BCUT2D eigenvalue weighted by Crippen LogP contribution is 2.20. The average molecular weight is 351 g/mol. The summed E-state index contributed by atoms with van der Waals surface area (Å²) in [7, 11) is 0. The Bertz CT molecular complexity index is 860. The summed E-state index contributed by atoms with van der Waals surface area (Å²) in [5.74, 6) is 1.54. The summed E-state index contributed by atoms with van der Waals surface area (Å²) in [4.78, 5) is 16.4. The fourth-order valence-corrected chi connectivity index (χ4v) is 2.50. The molecule has 0 fully saturated rings. The molecule has 0 saturated carbocycles. The second kappa shape index (κ2) is 8.71. The van der Waals surface area contributed by atoms with Gasteiger partial charge in [0.15, 0.2) is 0 Å². The fourth-order valence-electron chi connectivity index (χ4n) is 2.50. The molecule has 0 bridgehead atoms. The van der Waals surface area contributed by atoms with Crippen molar-refractivity contribution in [2.24, 2.45) is 0 Å². The number of carbonyl (C=O) groups excluding carboxylic acids is 1. The maximum absolute atomic E-state index is 12.1. The van der Waals surface area contributed by atoms with Gasteiger partial charge in [0.25, 0.3) is 0 Å². The van der Waals surface area contributed by atoms with Gasteiger partial charge in [-0.05, 0) is 43.3 Å². The first-order valence-corrected chi connectivity index (χ1v) is 8.50. The Morgan fingerprint density at radius 2 is 1.73 bits per heavy atom. The van der Waals surface area contributed by atoms with E-state index in [0.29, 0.717) is 25.4 Å². The van der Waals surface area contributed by atoms with Gasteiger partial charge in [-0.25, -0.2) is 4.79 Å². The molecule has 2 N–H and O–H groups in total. The molecule has 0 aliphatic carbocycles. The lowest BCUT2D eigenvalue weighted by molar-refractivity contribution is 0.247. The number of hydrogen-bond acceptors (Lipinski definition) is 4. The van der Waals surface area contributed by atoms with Crippen molar-refractivity contribution in [1.82, 2.24) is 10.3 Å². The van der Waals surface area contributed by atoms with E-state index in [2.05, 4.69) is 15.6 Å². The third-order valence-electron chi connectivity index (χ3n) is 3.67. The SMILES string of the molecule is CCOc1ccc(OCCNC(=O)Nc2cccc3cccnc23)cc1. The first kappa shape index (κ1) is 17.5. The number of ether oxygens (including phenoxy) is 2. The number of pyridine rings is 1. The third kappa shape index (κ3) is 4.63. The molecule has 0 unspecified atom stereocenters. The number of nitrogens with zero attached hydrogens (tertiary/aromatic N) is 1. The Balaban J connectivity index is 1.45. The molecule has 2 amide bonds. The molecular formula is C20H21N3O3. The molecular weight excluding hydrogens is 330 g/mol. The van der Waals surface area contributed by atoms with Gasteiger partial charge in [-0.3, -0.25) is 4.98 Å². The minimum absolute atomic E-state index is 0.293. The molecule has 3 aromatic rings. The van der Waals surface area contributed by atoms with E-state index in [4.69, 9.17) is 9.47 Å². The Kier molecular flexibility index (Phi) is 5.88. The highest BCUT2D eigenvalue weighted by molar-refractivity contribution is 5.99. The van der Waals surface area contributed by atoms with Gasteiger partial charge < -0.3 is 20.1 Å². The van der Waals surface area contributed by atoms with Crippen molar-refractivity contribution in [1.29, 1.82) is 0 Å². The van der Waals surface area contributed by atoms with Crippen molar-refractivity contribution in [3.05, 3.63) is 60.8 Å². The van der Waals surface area contributed by atoms with Crippen LogP contribution < -0.4 is 20.1 Å². The standard InChI is InChI=1S/C20H21N3O3/c1-2-25-16-8-10-17(11-9-16)26-14-13-22-20(24)23-18-7-3-5-15-6-4-12-21-19(15)18/h3-12H,2,13-14H2,1H3,(H2,22,23,24). The molecule has 6 nitrogen and oxygen atoms in total. The van der Waals surface area contributed by atoms with Gasteiger partial charge >= 0.3 is 6.03 Å². The quantitative estimate of drug-likeness (QED) is 0.635. The zero-order chi connectivity index (χ0) is 18.2. The van der Waals surface area contributed by atoms with Gasteiger partial charge in [-0.1, -0.05) is 18.2 Å². The Morgan fingerprint density at radius 1 is 1.00 bits per heavy atom. The maximum atomic E-state index is 12.1. The first-order chi connectivity index (χ1) is 12.8. The van der Waals surface area contributed by atoms with Crippen molar-refractivity contribution < 1.29 is 14.3 Å². The van der Waals surface area contributed by atoms with Crippen LogP contribution in [0.3, 0.4) is 0 Å². The van der Waals surface area contributed by atoms with E-state index >= 15 is 0 Å². The number of nitrogens with one attached hydrogen (secondary N) is 2. The Morgan fingerprint density at radius 3 is 2.50 bits per heavy atom. The highest BCUT2D eigenvalue weighted by Gasteiger charge is 2.06. The van der Waals surface area contributed by atoms with Crippen molar-refractivity contribution in [3.63, 3.8) is 0 Å². The number of benzene rings is 2. The summed E-state index contributed by atoms with van der Waals surface area (Å²) in [6.07, 6.45) is 1.70. The Hall–Kier alpha value is -3.28. The van der Waals surface area contributed by atoms with E-state index in [-0.39, 0.29) is 6.03 Å². The average Bonchev–Trinajstić information content (AvgIpc) is 2.67. The fraction of sp³-hybridized carbons (Fsp3) is 0.200. The number of fused-ring (bicyclic) bond motifs is 1. The highest BCUT2D eigenvalue weighted by atomic mass is 16.5. The maximum Gasteiger partial charge on any atom is 0.319 e. The van der Waals surface area contributed by atoms with E-state index in [1.54, 1.807) is 6.20 Å². The Labute approximate surface area is 152 Å². The van der Waals surface area contributed by atoms with Crippen LogP contribution in [0.5, 0.6) is 11.5 Å². The topological polar surface area (TPSA) is 72.5 Å². The molecule has 1 aromatic heterocycles. The van der Waals surface area contributed by atoms with Gasteiger partial charge in [0.1, 0.15) is 18.1 Å². The molecule has 134 valence electrons. The zero-order valence-electron chi connectivity index (χ0n) is 14.6. The molecule has 3 rings (SSSR count). The summed E-state index contributed by atoms with van der Waals surface area (Å²) in [5, 5.41) is 6.57. The van der Waals surface area contributed by atoms with E-state index in [9.17, 15) is 4.79 Å². The van der Waals surface area contributed by atoms with Gasteiger partial charge in [-0.2, -0.15) is 0 Å². The molecule has 2 aromatic carbocycles. The molecule has 0 spiro atoms. The second-order valence-corrected chi connectivity index (χ2v) is 5.51. The first-order valence-electron chi connectivity index (χ1n) is 8.50. The number of hydrogen-bond donors (Lipinski definition) is 2.